The van der Waals surface area contributed by atoms with Crippen molar-refractivity contribution < 1.29 is 32.3 Å². The highest BCUT2D eigenvalue weighted by molar-refractivity contribution is 9.10. The van der Waals surface area contributed by atoms with Gasteiger partial charge in [0.05, 0.1) is 5.56 Å². The average Bonchev–Trinajstić information content (AvgIpc) is 2.82. The SMILES string of the molecule is CNC(=O)c1cc(Oc2ccc(C(=O)NNC(=O)c3ccc(Br)c(C(F)(F)F)c3)cc2)ccn1. The second kappa shape index (κ2) is 10.3. The van der Waals surface area contributed by atoms with E-state index in [0.29, 0.717) is 17.6 Å². The Labute approximate surface area is 199 Å². The number of ether oxygens (including phenoxy) is 1. The molecule has 0 radical (unpaired) electrons. The summed E-state index contributed by atoms with van der Waals surface area (Å²) >= 11 is 2.80. The molecule has 0 unspecified atom stereocenters. The smallest absolute Gasteiger partial charge is 0.417 e. The Morgan fingerprint density at radius 2 is 1.47 bits per heavy atom. The lowest BCUT2D eigenvalue weighted by Gasteiger charge is -2.12. The van der Waals surface area contributed by atoms with Crippen LogP contribution in [0.5, 0.6) is 11.5 Å². The number of nitrogens with one attached hydrogen (secondary N) is 3. The van der Waals surface area contributed by atoms with Crippen LogP contribution >= 0.6 is 15.9 Å². The van der Waals surface area contributed by atoms with Gasteiger partial charge in [-0.25, -0.2) is 0 Å². The van der Waals surface area contributed by atoms with Crippen molar-refractivity contribution in [3.63, 3.8) is 0 Å². The predicted octanol–water partition coefficient (Wildman–Crippen LogP) is 4.09. The Balaban J connectivity index is 1.61. The first-order chi connectivity index (χ1) is 16.1. The number of pyridine rings is 1. The molecule has 0 aliphatic heterocycles. The van der Waals surface area contributed by atoms with Gasteiger partial charge >= 0.3 is 6.18 Å². The lowest BCUT2D eigenvalue weighted by molar-refractivity contribution is -0.138. The first-order valence-electron chi connectivity index (χ1n) is 9.52. The summed E-state index contributed by atoms with van der Waals surface area (Å²) in [4.78, 5) is 40.0. The zero-order valence-electron chi connectivity index (χ0n) is 17.4. The Morgan fingerprint density at radius 3 is 2.09 bits per heavy atom. The van der Waals surface area contributed by atoms with E-state index in [1.807, 2.05) is 0 Å². The Morgan fingerprint density at radius 1 is 0.853 bits per heavy atom. The van der Waals surface area contributed by atoms with E-state index in [2.05, 4.69) is 37.1 Å². The van der Waals surface area contributed by atoms with Crippen molar-refractivity contribution in [1.82, 2.24) is 21.2 Å². The van der Waals surface area contributed by atoms with E-state index >= 15 is 0 Å². The standard InChI is InChI=1S/C22H16BrF3N4O4/c1-27-21(33)18-11-15(8-9-28-18)34-14-5-2-12(3-6-14)19(31)29-30-20(32)13-4-7-17(23)16(10-13)22(24,25)26/h2-11H,1H3,(H,27,33)(H,29,31)(H,30,32). The number of aromatic nitrogens is 1. The van der Waals surface area contributed by atoms with Gasteiger partial charge in [-0.05, 0) is 48.5 Å². The second-order valence-corrected chi connectivity index (χ2v) is 7.54. The Bertz CT molecular complexity index is 1230. The van der Waals surface area contributed by atoms with Crippen molar-refractivity contribution in [3.05, 3.63) is 87.7 Å². The number of hydrogen-bond donors (Lipinski definition) is 3. The van der Waals surface area contributed by atoms with Gasteiger partial charge in [0, 0.05) is 34.9 Å². The number of hydrogen-bond acceptors (Lipinski definition) is 5. The molecule has 0 fully saturated rings. The minimum absolute atomic E-state index is 0.153. The molecule has 2 aromatic carbocycles. The number of rotatable bonds is 5. The van der Waals surface area contributed by atoms with Crippen molar-refractivity contribution in [3.8, 4) is 11.5 Å². The first kappa shape index (κ1) is 24.7. The molecule has 12 heteroatoms. The van der Waals surface area contributed by atoms with Crippen molar-refractivity contribution >= 4 is 33.7 Å². The molecule has 3 rings (SSSR count). The highest BCUT2D eigenvalue weighted by Gasteiger charge is 2.33. The van der Waals surface area contributed by atoms with Gasteiger partial charge in [0.2, 0.25) is 0 Å². The fraction of sp³-hybridized carbons (Fsp3) is 0.0909. The average molecular weight is 537 g/mol. The lowest BCUT2D eigenvalue weighted by atomic mass is 10.1. The molecule has 3 N–H and O–H groups in total. The topological polar surface area (TPSA) is 109 Å². The van der Waals surface area contributed by atoms with Gasteiger partial charge in [0.15, 0.2) is 0 Å². The molecule has 1 heterocycles. The Kier molecular flexibility index (Phi) is 7.51. The summed E-state index contributed by atoms with van der Waals surface area (Å²) in [6, 6.07) is 11.8. The van der Waals surface area contributed by atoms with Crippen LogP contribution in [-0.4, -0.2) is 29.8 Å². The molecule has 8 nitrogen and oxygen atoms in total. The molecule has 0 saturated heterocycles. The molecular formula is C22H16BrF3N4O4. The number of halogens is 4. The molecule has 0 spiro atoms. The van der Waals surface area contributed by atoms with Crippen LogP contribution < -0.4 is 20.9 Å². The molecular weight excluding hydrogens is 521 g/mol. The lowest BCUT2D eigenvalue weighted by Crippen LogP contribution is -2.41. The Hall–Kier alpha value is -3.93. The third-order valence-electron chi connectivity index (χ3n) is 4.37. The molecule has 0 atom stereocenters. The van der Waals surface area contributed by atoms with Gasteiger partial charge in [-0.15, -0.1) is 0 Å². The number of carbonyl (C=O) groups is 3. The van der Waals surface area contributed by atoms with Crippen LogP contribution in [0.2, 0.25) is 0 Å². The number of nitrogens with zero attached hydrogens (tertiary/aromatic N) is 1. The van der Waals surface area contributed by atoms with Crippen LogP contribution in [0.25, 0.3) is 0 Å². The maximum Gasteiger partial charge on any atom is 0.417 e. The highest BCUT2D eigenvalue weighted by Crippen LogP contribution is 2.35. The van der Waals surface area contributed by atoms with Crippen LogP contribution in [0, 0.1) is 0 Å². The van der Waals surface area contributed by atoms with Crippen LogP contribution in [-0.2, 0) is 6.18 Å². The van der Waals surface area contributed by atoms with Crippen LogP contribution in [0.3, 0.4) is 0 Å². The van der Waals surface area contributed by atoms with Gasteiger partial charge in [0.1, 0.15) is 17.2 Å². The molecule has 3 aromatic rings. The molecule has 176 valence electrons. The zero-order valence-corrected chi connectivity index (χ0v) is 19.0. The predicted molar refractivity (Wildman–Crippen MR) is 118 cm³/mol. The van der Waals surface area contributed by atoms with E-state index in [-0.39, 0.29) is 27.2 Å². The van der Waals surface area contributed by atoms with Crippen molar-refractivity contribution in [2.45, 2.75) is 6.18 Å². The fourth-order valence-corrected chi connectivity index (χ4v) is 3.15. The van der Waals surface area contributed by atoms with Crippen molar-refractivity contribution in [1.29, 1.82) is 0 Å². The van der Waals surface area contributed by atoms with Gasteiger partial charge < -0.3 is 10.1 Å². The zero-order chi connectivity index (χ0) is 24.9. The van der Waals surface area contributed by atoms with E-state index in [1.54, 1.807) is 6.07 Å². The maximum atomic E-state index is 13.0. The largest absolute Gasteiger partial charge is 0.457 e. The van der Waals surface area contributed by atoms with Gasteiger partial charge in [0.25, 0.3) is 17.7 Å². The van der Waals surface area contributed by atoms with Gasteiger partial charge in [-0.3, -0.25) is 30.2 Å². The molecule has 34 heavy (non-hydrogen) atoms. The van der Waals surface area contributed by atoms with E-state index in [0.717, 1.165) is 6.07 Å². The van der Waals surface area contributed by atoms with E-state index in [4.69, 9.17) is 4.74 Å². The summed E-state index contributed by atoms with van der Waals surface area (Å²) in [5, 5.41) is 2.45. The van der Waals surface area contributed by atoms with E-state index in [9.17, 15) is 27.6 Å². The summed E-state index contributed by atoms with van der Waals surface area (Å²) in [7, 11) is 1.47. The number of hydrazine groups is 1. The first-order valence-corrected chi connectivity index (χ1v) is 10.3. The maximum absolute atomic E-state index is 13.0. The third-order valence-corrected chi connectivity index (χ3v) is 5.06. The van der Waals surface area contributed by atoms with Crippen LogP contribution in [0.1, 0.15) is 36.8 Å². The third kappa shape index (κ3) is 6.10. The second-order valence-electron chi connectivity index (χ2n) is 6.68. The molecule has 0 bridgehead atoms. The summed E-state index contributed by atoms with van der Waals surface area (Å²) in [5.74, 6) is -1.28. The van der Waals surface area contributed by atoms with E-state index < -0.39 is 23.6 Å². The molecule has 3 amide bonds. The minimum Gasteiger partial charge on any atom is -0.457 e. The highest BCUT2D eigenvalue weighted by atomic mass is 79.9. The van der Waals surface area contributed by atoms with Gasteiger partial charge in [-0.2, -0.15) is 13.2 Å². The number of carbonyl (C=O) groups excluding carboxylic acids is 3. The number of benzene rings is 2. The van der Waals surface area contributed by atoms with Gasteiger partial charge in [-0.1, -0.05) is 15.9 Å². The molecule has 0 saturated carbocycles. The summed E-state index contributed by atoms with van der Waals surface area (Å²) < 4.78 is 44.4. The van der Waals surface area contributed by atoms with Crippen LogP contribution in [0.4, 0.5) is 13.2 Å². The molecule has 1 aromatic heterocycles. The minimum atomic E-state index is -4.65. The summed E-state index contributed by atoms with van der Waals surface area (Å²) in [5.41, 5.74) is 3.24. The monoisotopic (exact) mass is 536 g/mol. The van der Waals surface area contributed by atoms with Crippen LogP contribution in [0.15, 0.2) is 65.3 Å². The number of alkyl halides is 3. The number of amides is 3. The van der Waals surface area contributed by atoms with E-state index in [1.165, 1.54) is 49.6 Å². The summed E-state index contributed by atoms with van der Waals surface area (Å²) in [6.07, 6.45) is -3.24. The normalized spacial score (nSPS) is 10.9. The van der Waals surface area contributed by atoms with Crippen molar-refractivity contribution in [2.24, 2.45) is 0 Å². The fourth-order valence-electron chi connectivity index (χ4n) is 2.68. The molecule has 0 aliphatic carbocycles. The molecule has 0 aliphatic rings. The summed E-state index contributed by atoms with van der Waals surface area (Å²) in [6.45, 7) is 0. The van der Waals surface area contributed by atoms with Crippen molar-refractivity contribution in [2.75, 3.05) is 7.05 Å². The quantitative estimate of drug-likeness (QED) is 0.425.